The Hall–Kier alpha value is -0.580. The third kappa shape index (κ3) is 3.77. The molecule has 2 N–H and O–H groups in total. The minimum absolute atomic E-state index is 0. The SMILES string of the molecule is CN(C)C(CNCc1ccn[nH]1)C1CC1.Cl. The summed E-state index contributed by atoms with van der Waals surface area (Å²) < 4.78 is 0. The fraction of sp³-hybridized carbons (Fsp3) is 0.727. The maximum Gasteiger partial charge on any atom is 0.0490 e. The van der Waals surface area contributed by atoms with Crippen molar-refractivity contribution in [2.45, 2.75) is 25.4 Å². The first-order chi connectivity index (χ1) is 7.27. The summed E-state index contributed by atoms with van der Waals surface area (Å²) in [7, 11) is 4.34. The van der Waals surface area contributed by atoms with Crippen LogP contribution in [0.2, 0.25) is 0 Å². The van der Waals surface area contributed by atoms with Gasteiger partial charge in [0.05, 0.1) is 0 Å². The molecule has 5 heteroatoms. The number of nitrogens with one attached hydrogen (secondary N) is 2. The minimum Gasteiger partial charge on any atom is -0.310 e. The average Bonchev–Trinajstić information content (AvgIpc) is 2.89. The quantitative estimate of drug-likeness (QED) is 0.792. The highest BCUT2D eigenvalue weighted by atomic mass is 35.5. The molecule has 1 saturated carbocycles. The molecule has 0 radical (unpaired) electrons. The van der Waals surface area contributed by atoms with Gasteiger partial charge in [-0.1, -0.05) is 0 Å². The van der Waals surface area contributed by atoms with Gasteiger partial charge in [-0.25, -0.2) is 0 Å². The molecule has 2 rings (SSSR count). The summed E-state index contributed by atoms with van der Waals surface area (Å²) in [5.41, 5.74) is 1.16. The van der Waals surface area contributed by atoms with Gasteiger partial charge in [0.1, 0.15) is 0 Å². The molecule has 0 spiro atoms. The lowest BCUT2D eigenvalue weighted by Crippen LogP contribution is -2.39. The topological polar surface area (TPSA) is 44.0 Å². The first kappa shape index (κ1) is 13.5. The number of aromatic nitrogens is 2. The lowest BCUT2D eigenvalue weighted by Gasteiger charge is -2.24. The number of nitrogens with zero attached hydrogens (tertiary/aromatic N) is 2. The first-order valence-corrected chi connectivity index (χ1v) is 5.63. The first-order valence-electron chi connectivity index (χ1n) is 5.63. The van der Waals surface area contributed by atoms with E-state index in [1.807, 2.05) is 6.07 Å². The zero-order chi connectivity index (χ0) is 10.7. The van der Waals surface area contributed by atoms with Crippen molar-refractivity contribution in [1.29, 1.82) is 0 Å². The third-order valence-corrected chi connectivity index (χ3v) is 3.06. The van der Waals surface area contributed by atoms with E-state index in [-0.39, 0.29) is 12.4 Å². The standard InChI is InChI=1S/C11H20N4.ClH/c1-15(2)11(9-3-4-9)8-12-7-10-5-6-13-14-10;/h5-6,9,11-12H,3-4,7-8H2,1-2H3,(H,13,14);1H. The Kier molecular flexibility index (Phi) is 5.25. The summed E-state index contributed by atoms with van der Waals surface area (Å²) in [4.78, 5) is 2.33. The van der Waals surface area contributed by atoms with E-state index in [1.165, 1.54) is 12.8 Å². The number of hydrogen-bond donors (Lipinski definition) is 2. The van der Waals surface area contributed by atoms with Gasteiger partial charge in [-0.05, 0) is 38.9 Å². The normalized spacial score (nSPS) is 17.2. The Morgan fingerprint density at radius 3 is 2.81 bits per heavy atom. The van der Waals surface area contributed by atoms with Crippen molar-refractivity contribution in [3.05, 3.63) is 18.0 Å². The summed E-state index contributed by atoms with van der Waals surface area (Å²) in [5, 5.41) is 10.4. The molecule has 0 aromatic carbocycles. The molecule has 16 heavy (non-hydrogen) atoms. The number of H-pyrrole nitrogens is 1. The van der Waals surface area contributed by atoms with Gasteiger partial charge in [0, 0.05) is 31.0 Å². The predicted octanol–water partition coefficient (Wildman–Crippen LogP) is 1.26. The van der Waals surface area contributed by atoms with Gasteiger partial charge in [0.15, 0.2) is 0 Å². The maximum atomic E-state index is 3.93. The van der Waals surface area contributed by atoms with Crippen molar-refractivity contribution < 1.29 is 0 Å². The molecule has 0 bridgehead atoms. The zero-order valence-corrected chi connectivity index (χ0v) is 10.8. The molecule has 1 aliphatic rings. The lowest BCUT2D eigenvalue weighted by atomic mass is 10.1. The van der Waals surface area contributed by atoms with Crippen LogP contribution in [0.5, 0.6) is 0 Å². The van der Waals surface area contributed by atoms with E-state index in [1.54, 1.807) is 6.20 Å². The van der Waals surface area contributed by atoms with Crippen LogP contribution in [0.25, 0.3) is 0 Å². The predicted molar refractivity (Wildman–Crippen MR) is 67.7 cm³/mol. The van der Waals surface area contributed by atoms with Crippen LogP contribution in [0.4, 0.5) is 0 Å². The average molecular weight is 245 g/mol. The van der Waals surface area contributed by atoms with Crippen LogP contribution in [0.3, 0.4) is 0 Å². The van der Waals surface area contributed by atoms with E-state index in [0.29, 0.717) is 6.04 Å². The van der Waals surface area contributed by atoms with E-state index in [4.69, 9.17) is 0 Å². The van der Waals surface area contributed by atoms with Crippen molar-refractivity contribution in [3.8, 4) is 0 Å². The second kappa shape index (κ2) is 6.23. The van der Waals surface area contributed by atoms with E-state index < -0.39 is 0 Å². The molecule has 1 aromatic rings. The number of rotatable bonds is 6. The molecular formula is C11H21ClN4. The van der Waals surface area contributed by atoms with Crippen LogP contribution in [0.15, 0.2) is 12.3 Å². The molecule has 1 aromatic heterocycles. The molecule has 1 atom stereocenters. The third-order valence-electron chi connectivity index (χ3n) is 3.06. The Balaban J connectivity index is 0.00000128. The molecule has 1 unspecified atom stereocenters. The van der Waals surface area contributed by atoms with Crippen molar-refractivity contribution in [2.24, 2.45) is 5.92 Å². The number of aromatic amines is 1. The maximum absolute atomic E-state index is 3.93. The zero-order valence-electron chi connectivity index (χ0n) is 9.94. The van der Waals surface area contributed by atoms with Gasteiger partial charge in [-0.2, -0.15) is 5.10 Å². The van der Waals surface area contributed by atoms with Gasteiger partial charge < -0.3 is 10.2 Å². The molecule has 0 aliphatic heterocycles. The molecule has 1 fully saturated rings. The molecular weight excluding hydrogens is 224 g/mol. The van der Waals surface area contributed by atoms with Gasteiger partial charge in [0.25, 0.3) is 0 Å². The van der Waals surface area contributed by atoms with E-state index in [2.05, 4.69) is 34.5 Å². The monoisotopic (exact) mass is 244 g/mol. The lowest BCUT2D eigenvalue weighted by molar-refractivity contribution is 0.255. The van der Waals surface area contributed by atoms with Crippen molar-refractivity contribution in [2.75, 3.05) is 20.6 Å². The molecule has 92 valence electrons. The van der Waals surface area contributed by atoms with Crippen LogP contribution in [0, 0.1) is 5.92 Å². The number of halogens is 1. The molecule has 0 saturated heterocycles. The van der Waals surface area contributed by atoms with Gasteiger partial charge in [0.2, 0.25) is 0 Å². The fourth-order valence-corrected chi connectivity index (χ4v) is 1.99. The molecule has 0 amide bonds. The fourth-order valence-electron chi connectivity index (χ4n) is 1.99. The van der Waals surface area contributed by atoms with Crippen LogP contribution >= 0.6 is 12.4 Å². The Bertz CT molecular complexity index is 280. The van der Waals surface area contributed by atoms with Gasteiger partial charge >= 0.3 is 0 Å². The summed E-state index contributed by atoms with van der Waals surface area (Å²) in [6, 6.07) is 2.70. The molecule has 1 heterocycles. The van der Waals surface area contributed by atoms with Gasteiger partial charge in [-0.3, -0.25) is 5.10 Å². The van der Waals surface area contributed by atoms with E-state index in [9.17, 15) is 0 Å². The Labute approximate surface area is 103 Å². The van der Waals surface area contributed by atoms with Crippen LogP contribution in [0.1, 0.15) is 18.5 Å². The van der Waals surface area contributed by atoms with Crippen molar-refractivity contribution in [3.63, 3.8) is 0 Å². The molecule has 1 aliphatic carbocycles. The summed E-state index contributed by atoms with van der Waals surface area (Å²) >= 11 is 0. The highest BCUT2D eigenvalue weighted by Crippen LogP contribution is 2.34. The van der Waals surface area contributed by atoms with Gasteiger partial charge in [-0.15, -0.1) is 12.4 Å². The Morgan fingerprint density at radius 1 is 1.56 bits per heavy atom. The Morgan fingerprint density at radius 2 is 2.31 bits per heavy atom. The molecule has 4 nitrogen and oxygen atoms in total. The second-order valence-corrected chi connectivity index (χ2v) is 4.58. The summed E-state index contributed by atoms with van der Waals surface area (Å²) in [6.07, 6.45) is 4.59. The number of hydrogen-bond acceptors (Lipinski definition) is 3. The minimum atomic E-state index is 0. The highest BCUT2D eigenvalue weighted by Gasteiger charge is 2.31. The smallest absolute Gasteiger partial charge is 0.0490 e. The summed E-state index contributed by atoms with van der Waals surface area (Å²) in [5.74, 6) is 0.911. The van der Waals surface area contributed by atoms with E-state index >= 15 is 0 Å². The second-order valence-electron chi connectivity index (χ2n) is 4.58. The van der Waals surface area contributed by atoms with E-state index in [0.717, 1.165) is 24.7 Å². The van der Waals surface area contributed by atoms with Crippen LogP contribution < -0.4 is 5.32 Å². The summed E-state index contributed by atoms with van der Waals surface area (Å²) in [6.45, 7) is 1.95. The largest absolute Gasteiger partial charge is 0.310 e. The van der Waals surface area contributed by atoms with Crippen LogP contribution in [-0.2, 0) is 6.54 Å². The van der Waals surface area contributed by atoms with Crippen molar-refractivity contribution in [1.82, 2.24) is 20.4 Å². The number of likely N-dealkylation sites (N-methyl/N-ethyl adjacent to an activating group) is 1. The van der Waals surface area contributed by atoms with Crippen molar-refractivity contribution >= 4 is 12.4 Å². The highest BCUT2D eigenvalue weighted by molar-refractivity contribution is 5.85. The van der Waals surface area contributed by atoms with Crippen LogP contribution in [-0.4, -0.2) is 41.8 Å².